The van der Waals surface area contributed by atoms with Crippen LogP contribution in [-0.2, 0) is 17.6 Å². The Bertz CT molecular complexity index is 1090. The van der Waals surface area contributed by atoms with E-state index < -0.39 is 5.92 Å². The summed E-state index contributed by atoms with van der Waals surface area (Å²) in [5, 5.41) is 18.3. The van der Waals surface area contributed by atoms with E-state index in [4.69, 9.17) is 15.3 Å². The van der Waals surface area contributed by atoms with Crippen LogP contribution in [0.25, 0.3) is 0 Å². The van der Waals surface area contributed by atoms with Crippen LogP contribution in [0.4, 0.5) is 8.78 Å². The number of primary amides is 1. The Morgan fingerprint density at radius 1 is 1.10 bits per heavy atom. The van der Waals surface area contributed by atoms with Crippen molar-refractivity contribution in [3.05, 3.63) is 105 Å². The number of aliphatic hydroxyl groups is 1. The summed E-state index contributed by atoms with van der Waals surface area (Å²) in [6.07, 6.45) is 10.5. The van der Waals surface area contributed by atoms with Crippen molar-refractivity contribution >= 4 is 29.7 Å². The van der Waals surface area contributed by atoms with Gasteiger partial charge in [-0.1, -0.05) is 55.5 Å². The van der Waals surface area contributed by atoms with Crippen LogP contribution in [0.2, 0.25) is 0 Å². The average Bonchev–Trinajstić information content (AvgIpc) is 3.42. The summed E-state index contributed by atoms with van der Waals surface area (Å²) in [7, 11) is 1.62. The summed E-state index contributed by atoms with van der Waals surface area (Å²) in [6.45, 7) is 9.59. The second kappa shape index (κ2) is 22.3. The predicted octanol–water partition coefficient (Wildman–Crippen LogP) is 8.30. The molecule has 2 rings (SSSR count). The van der Waals surface area contributed by atoms with Crippen molar-refractivity contribution in [3.63, 3.8) is 0 Å². The maximum atomic E-state index is 13.4. The molecule has 0 saturated heterocycles. The standard InChI is InChI=1S/C14H20F2N2.C8H10OS.C8H10.CH3NO/c1-6-11(12(7-2)9-18-5)8-13(10(3)17)14(4,15)16;1-7(9)4-5-8-3-2-6-10-8;1-2-8-6-4-3-5-7-8;2-1-3/h6-9,17H,1-5H3;2-4,6,9H,5H2,1H3;3-7H,2H2,1H3;1H,(H2,2,3)/b11-6+,12-7+,13-8+,17-10?,18-9?;7-4-;;. The summed E-state index contributed by atoms with van der Waals surface area (Å²) in [5.74, 6) is -2.63. The molecule has 0 spiro atoms. The Morgan fingerprint density at radius 3 is 2.00 bits per heavy atom. The lowest BCUT2D eigenvalue weighted by Gasteiger charge is -2.15. The highest BCUT2D eigenvalue weighted by atomic mass is 32.1. The Balaban J connectivity index is 0. The molecule has 0 fully saturated rings. The number of hydrogen-bond acceptors (Lipinski definition) is 5. The number of carbonyl (C=O) groups excluding carboxylic acids is 1. The molecular weight excluding hydrogens is 516 g/mol. The van der Waals surface area contributed by atoms with Crippen LogP contribution in [0, 0.1) is 5.41 Å². The average molecular weight is 560 g/mol. The molecular formula is C31H43F2N3O2S. The molecule has 0 aliphatic carbocycles. The number of rotatable bonds is 8. The third-order valence-electron chi connectivity index (χ3n) is 4.83. The second-order valence-electron chi connectivity index (χ2n) is 8.05. The summed E-state index contributed by atoms with van der Waals surface area (Å²) in [6, 6.07) is 14.5. The molecule has 4 N–H and O–H groups in total. The van der Waals surface area contributed by atoms with Crippen LogP contribution in [0.5, 0.6) is 0 Å². The van der Waals surface area contributed by atoms with E-state index in [0.717, 1.165) is 25.3 Å². The molecule has 0 bridgehead atoms. The van der Waals surface area contributed by atoms with Gasteiger partial charge in [-0.2, -0.15) is 0 Å². The lowest BCUT2D eigenvalue weighted by Crippen LogP contribution is -2.19. The molecule has 1 heterocycles. The SMILES string of the molecule is C/C(O)=C/Cc1cccs1.C/C=C(C=NC)/C(=C/C)/C=C(\C(C)=N)C(C)(F)F.CCc1ccccc1.NC=O. The van der Waals surface area contributed by atoms with Crippen molar-refractivity contribution < 1.29 is 18.7 Å². The van der Waals surface area contributed by atoms with Crippen molar-refractivity contribution in [2.75, 3.05) is 7.05 Å². The van der Waals surface area contributed by atoms with Gasteiger partial charge in [0.25, 0.3) is 5.92 Å². The number of aliphatic imine (C=N–C) groups is 1. The molecule has 0 atom stereocenters. The Kier molecular flexibility index (Phi) is 21.5. The smallest absolute Gasteiger partial charge is 0.272 e. The van der Waals surface area contributed by atoms with E-state index in [-0.39, 0.29) is 17.7 Å². The molecule has 1 amide bonds. The number of carbonyl (C=O) groups is 1. The molecule has 214 valence electrons. The zero-order chi connectivity index (χ0) is 30.3. The normalized spacial score (nSPS) is 12.3. The maximum absolute atomic E-state index is 13.4. The number of aliphatic hydroxyl groups excluding tert-OH is 1. The molecule has 0 radical (unpaired) electrons. The van der Waals surface area contributed by atoms with Gasteiger partial charge in [-0.3, -0.25) is 9.79 Å². The summed E-state index contributed by atoms with van der Waals surface area (Å²) < 4.78 is 26.8. The van der Waals surface area contributed by atoms with Gasteiger partial charge in [0.15, 0.2) is 0 Å². The van der Waals surface area contributed by atoms with E-state index in [1.807, 2.05) is 30.5 Å². The first-order valence-electron chi connectivity index (χ1n) is 12.4. The van der Waals surface area contributed by atoms with Gasteiger partial charge in [-0.05, 0) is 74.4 Å². The minimum absolute atomic E-state index is 0.134. The molecule has 0 unspecified atom stereocenters. The van der Waals surface area contributed by atoms with E-state index in [0.29, 0.717) is 11.3 Å². The van der Waals surface area contributed by atoms with E-state index in [1.165, 1.54) is 23.4 Å². The van der Waals surface area contributed by atoms with Crippen LogP contribution in [0.15, 0.2) is 99.6 Å². The third-order valence-corrected chi connectivity index (χ3v) is 5.73. The van der Waals surface area contributed by atoms with Gasteiger partial charge in [0.1, 0.15) is 0 Å². The van der Waals surface area contributed by atoms with E-state index >= 15 is 0 Å². The minimum Gasteiger partial charge on any atom is -0.513 e. The Hall–Kier alpha value is -3.65. The Labute approximate surface area is 236 Å². The number of hydrogen-bond donors (Lipinski definition) is 3. The van der Waals surface area contributed by atoms with Gasteiger partial charge in [-0.25, -0.2) is 8.78 Å². The topological polar surface area (TPSA) is 99.5 Å². The first-order valence-corrected chi connectivity index (χ1v) is 13.3. The van der Waals surface area contributed by atoms with Crippen LogP contribution in [-0.4, -0.2) is 36.4 Å². The summed E-state index contributed by atoms with van der Waals surface area (Å²) >= 11 is 1.71. The molecule has 0 aliphatic heterocycles. The number of thiophene rings is 1. The van der Waals surface area contributed by atoms with Gasteiger partial charge >= 0.3 is 0 Å². The molecule has 1 aromatic carbocycles. The molecule has 2 aromatic rings. The number of nitrogens with zero attached hydrogens (tertiary/aromatic N) is 1. The van der Waals surface area contributed by atoms with E-state index in [2.05, 4.69) is 48.0 Å². The van der Waals surface area contributed by atoms with Crippen LogP contribution in [0.3, 0.4) is 0 Å². The molecule has 5 nitrogen and oxygen atoms in total. The van der Waals surface area contributed by atoms with E-state index in [9.17, 15) is 8.78 Å². The lowest BCUT2D eigenvalue weighted by molar-refractivity contribution is -0.106. The number of nitrogens with two attached hydrogens (primary N) is 1. The first kappa shape index (κ1) is 37.5. The van der Waals surface area contributed by atoms with Crippen LogP contribution in [0.1, 0.15) is 52.0 Å². The van der Waals surface area contributed by atoms with Crippen LogP contribution < -0.4 is 5.73 Å². The fraction of sp³-hybridized carbons (Fsp3) is 0.323. The number of aryl methyl sites for hydroxylation is 1. The molecule has 1 aromatic heterocycles. The van der Waals surface area contributed by atoms with Gasteiger partial charge in [0.2, 0.25) is 6.41 Å². The zero-order valence-corrected chi connectivity index (χ0v) is 24.9. The number of benzene rings is 1. The highest BCUT2D eigenvalue weighted by molar-refractivity contribution is 7.09. The predicted molar refractivity (Wildman–Crippen MR) is 165 cm³/mol. The number of halogens is 2. The monoisotopic (exact) mass is 559 g/mol. The number of nitrogens with one attached hydrogen (secondary N) is 1. The van der Waals surface area contributed by atoms with Gasteiger partial charge in [0, 0.05) is 42.8 Å². The zero-order valence-electron chi connectivity index (χ0n) is 24.0. The molecule has 0 aliphatic rings. The quantitative estimate of drug-likeness (QED) is 0.131. The second-order valence-corrected chi connectivity index (χ2v) is 9.08. The van der Waals surface area contributed by atoms with Crippen molar-refractivity contribution in [1.29, 1.82) is 5.41 Å². The van der Waals surface area contributed by atoms with Crippen LogP contribution >= 0.6 is 11.3 Å². The first-order chi connectivity index (χ1) is 18.4. The maximum Gasteiger partial charge on any atom is 0.272 e. The van der Waals surface area contributed by atoms with E-state index in [1.54, 1.807) is 50.6 Å². The van der Waals surface area contributed by atoms with Crippen molar-refractivity contribution in [2.45, 2.75) is 60.3 Å². The summed E-state index contributed by atoms with van der Waals surface area (Å²) in [4.78, 5) is 13.8. The van der Waals surface area contributed by atoms with Crippen molar-refractivity contribution in [3.8, 4) is 0 Å². The van der Waals surface area contributed by atoms with Crippen molar-refractivity contribution in [2.24, 2.45) is 10.7 Å². The highest BCUT2D eigenvalue weighted by Gasteiger charge is 2.29. The number of allylic oxidation sites excluding steroid dienone is 8. The molecule has 39 heavy (non-hydrogen) atoms. The fourth-order valence-electron chi connectivity index (χ4n) is 2.90. The fourth-order valence-corrected chi connectivity index (χ4v) is 3.57. The highest BCUT2D eigenvalue weighted by Crippen LogP contribution is 2.26. The molecule has 0 saturated carbocycles. The largest absolute Gasteiger partial charge is 0.513 e. The van der Waals surface area contributed by atoms with Gasteiger partial charge in [0.05, 0.1) is 5.76 Å². The van der Waals surface area contributed by atoms with Gasteiger partial charge in [-0.15, -0.1) is 11.3 Å². The minimum atomic E-state index is -3.03. The number of amides is 1. The van der Waals surface area contributed by atoms with Crippen molar-refractivity contribution in [1.82, 2.24) is 0 Å². The third kappa shape index (κ3) is 19.1. The summed E-state index contributed by atoms with van der Waals surface area (Å²) in [5.41, 5.74) is 6.55. The Morgan fingerprint density at radius 2 is 1.67 bits per heavy atom. The molecule has 8 heteroatoms. The number of alkyl halides is 2. The van der Waals surface area contributed by atoms with Gasteiger partial charge < -0.3 is 16.2 Å². The lowest BCUT2D eigenvalue weighted by atomic mass is 9.98.